The van der Waals surface area contributed by atoms with Crippen LogP contribution in [0, 0.1) is 0 Å². The van der Waals surface area contributed by atoms with E-state index in [1.807, 2.05) is 12.4 Å². The van der Waals surface area contributed by atoms with Crippen LogP contribution in [0.2, 0.25) is 0 Å². The topological polar surface area (TPSA) is 53.1 Å². The van der Waals surface area contributed by atoms with Crippen LogP contribution in [-0.2, 0) is 11.2 Å². The Morgan fingerprint density at radius 2 is 2.46 bits per heavy atom. The van der Waals surface area contributed by atoms with Gasteiger partial charge in [0.25, 0.3) is 0 Å². The normalized spacial score (nSPS) is 21.1. The van der Waals surface area contributed by atoms with Gasteiger partial charge in [0, 0.05) is 12.4 Å². The van der Waals surface area contributed by atoms with Gasteiger partial charge in [-0.05, 0) is 36.3 Å². The molecule has 3 heteroatoms. The SMILES string of the molecule is O=C(O)CC1CCCc2c[nH]cc21. The summed E-state index contributed by atoms with van der Waals surface area (Å²) in [5.74, 6) is -0.466. The molecule has 1 unspecified atom stereocenters. The predicted molar refractivity (Wildman–Crippen MR) is 48.7 cm³/mol. The molecule has 0 saturated heterocycles. The molecule has 1 aromatic heterocycles. The second-order valence-electron chi connectivity index (χ2n) is 3.62. The number of rotatable bonds is 2. The summed E-state index contributed by atoms with van der Waals surface area (Å²) in [6.07, 6.45) is 7.42. The highest BCUT2D eigenvalue weighted by Gasteiger charge is 2.22. The van der Waals surface area contributed by atoms with Gasteiger partial charge >= 0.3 is 5.97 Å². The van der Waals surface area contributed by atoms with Crippen LogP contribution in [0.3, 0.4) is 0 Å². The van der Waals surface area contributed by atoms with Gasteiger partial charge in [-0.2, -0.15) is 0 Å². The number of aliphatic carboxylic acids is 1. The van der Waals surface area contributed by atoms with Crippen molar-refractivity contribution >= 4 is 5.97 Å². The van der Waals surface area contributed by atoms with Gasteiger partial charge < -0.3 is 10.1 Å². The minimum atomic E-state index is -0.695. The van der Waals surface area contributed by atoms with Crippen LogP contribution in [-0.4, -0.2) is 16.1 Å². The van der Waals surface area contributed by atoms with Gasteiger partial charge in [-0.1, -0.05) is 0 Å². The number of H-pyrrole nitrogens is 1. The predicted octanol–water partition coefficient (Wildman–Crippen LogP) is 1.91. The molecule has 1 aliphatic carbocycles. The molecule has 1 aromatic rings. The Kier molecular flexibility index (Phi) is 2.08. The van der Waals surface area contributed by atoms with Crippen molar-refractivity contribution in [3.8, 4) is 0 Å². The van der Waals surface area contributed by atoms with Gasteiger partial charge in [-0.15, -0.1) is 0 Å². The maximum atomic E-state index is 10.6. The van der Waals surface area contributed by atoms with Crippen LogP contribution in [0.25, 0.3) is 0 Å². The Balaban J connectivity index is 2.20. The number of aromatic nitrogens is 1. The van der Waals surface area contributed by atoms with E-state index in [9.17, 15) is 4.79 Å². The van der Waals surface area contributed by atoms with Crippen molar-refractivity contribution < 1.29 is 9.90 Å². The van der Waals surface area contributed by atoms with E-state index >= 15 is 0 Å². The first-order valence-corrected chi connectivity index (χ1v) is 4.64. The van der Waals surface area contributed by atoms with Crippen LogP contribution in [0.15, 0.2) is 12.4 Å². The van der Waals surface area contributed by atoms with Crippen molar-refractivity contribution in [2.45, 2.75) is 31.6 Å². The first-order valence-electron chi connectivity index (χ1n) is 4.64. The molecule has 2 N–H and O–H groups in total. The van der Waals surface area contributed by atoms with Crippen LogP contribution >= 0.6 is 0 Å². The minimum Gasteiger partial charge on any atom is -0.481 e. The summed E-state index contributed by atoms with van der Waals surface area (Å²) in [4.78, 5) is 13.6. The first-order chi connectivity index (χ1) is 6.27. The number of hydrogen-bond acceptors (Lipinski definition) is 1. The Hall–Kier alpha value is -1.25. The van der Waals surface area contributed by atoms with Crippen molar-refractivity contribution in [1.29, 1.82) is 0 Å². The van der Waals surface area contributed by atoms with Crippen molar-refractivity contribution in [2.75, 3.05) is 0 Å². The summed E-state index contributed by atoms with van der Waals surface area (Å²) >= 11 is 0. The molecular formula is C10H13NO2. The van der Waals surface area contributed by atoms with E-state index in [1.165, 1.54) is 11.1 Å². The molecule has 0 spiro atoms. The maximum Gasteiger partial charge on any atom is 0.303 e. The molecule has 0 fully saturated rings. The quantitative estimate of drug-likeness (QED) is 0.728. The molecule has 1 atom stereocenters. The highest BCUT2D eigenvalue weighted by atomic mass is 16.4. The zero-order valence-corrected chi connectivity index (χ0v) is 7.42. The number of fused-ring (bicyclic) bond motifs is 1. The number of carboxylic acid groups (broad SMARTS) is 1. The number of aromatic amines is 1. The summed E-state index contributed by atoms with van der Waals surface area (Å²) in [6.45, 7) is 0. The molecule has 0 bridgehead atoms. The molecule has 3 nitrogen and oxygen atoms in total. The monoisotopic (exact) mass is 179 g/mol. The van der Waals surface area contributed by atoms with Crippen LogP contribution in [0.1, 0.15) is 36.3 Å². The summed E-state index contributed by atoms with van der Waals surface area (Å²) in [5.41, 5.74) is 2.52. The highest BCUT2D eigenvalue weighted by molar-refractivity contribution is 5.68. The molecule has 70 valence electrons. The van der Waals surface area contributed by atoms with E-state index in [1.54, 1.807) is 0 Å². The van der Waals surface area contributed by atoms with E-state index < -0.39 is 5.97 Å². The van der Waals surface area contributed by atoms with Gasteiger partial charge in [0.05, 0.1) is 6.42 Å². The molecular weight excluding hydrogens is 166 g/mol. The summed E-state index contributed by atoms with van der Waals surface area (Å²) in [7, 11) is 0. The van der Waals surface area contributed by atoms with E-state index in [0.29, 0.717) is 0 Å². The molecule has 0 amide bonds. The zero-order chi connectivity index (χ0) is 9.26. The second-order valence-corrected chi connectivity index (χ2v) is 3.62. The van der Waals surface area contributed by atoms with Crippen LogP contribution < -0.4 is 0 Å². The van der Waals surface area contributed by atoms with Crippen LogP contribution in [0.5, 0.6) is 0 Å². The Morgan fingerprint density at radius 3 is 3.23 bits per heavy atom. The highest BCUT2D eigenvalue weighted by Crippen LogP contribution is 2.33. The first kappa shape index (κ1) is 8.35. The van der Waals surface area contributed by atoms with Crippen molar-refractivity contribution in [1.82, 2.24) is 4.98 Å². The number of carbonyl (C=O) groups is 1. The molecule has 0 radical (unpaired) electrons. The lowest BCUT2D eigenvalue weighted by atomic mass is 9.84. The van der Waals surface area contributed by atoms with Crippen molar-refractivity contribution in [2.24, 2.45) is 0 Å². The lowest BCUT2D eigenvalue weighted by Gasteiger charge is -2.20. The molecule has 1 heterocycles. The van der Waals surface area contributed by atoms with Crippen LogP contribution in [0.4, 0.5) is 0 Å². The molecule has 0 aromatic carbocycles. The van der Waals surface area contributed by atoms with Gasteiger partial charge in [0.1, 0.15) is 0 Å². The number of nitrogens with one attached hydrogen (secondary N) is 1. The average molecular weight is 179 g/mol. The third-order valence-electron chi connectivity index (χ3n) is 2.73. The summed E-state index contributed by atoms with van der Waals surface area (Å²) in [6, 6.07) is 0. The van der Waals surface area contributed by atoms with Gasteiger partial charge in [0.2, 0.25) is 0 Å². The van der Waals surface area contributed by atoms with E-state index in [4.69, 9.17) is 5.11 Å². The van der Waals surface area contributed by atoms with Crippen molar-refractivity contribution in [3.05, 3.63) is 23.5 Å². The minimum absolute atomic E-state index is 0.229. The largest absolute Gasteiger partial charge is 0.481 e. The third kappa shape index (κ3) is 1.59. The lowest BCUT2D eigenvalue weighted by Crippen LogP contribution is -2.11. The van der Waals surface area contributed by atoms with Gasteiger partial charge in [-0.25, -0.2) is 0 Å². The zero-order valence-electron chi connectivity index (χ0n) is 7.42. The average Bonchev–Trinajstić information content (AvgIpc) is 2.51. The van der Waals surface area contributed by atoms with Gasteiger partial charge in [0.15, 0.2) is 0 Å². The summed E-state index contributed by atoms with van der Waals surface area (Å²) < 4.78 is 0. The molecule has 0 saturated carbocycles. The fourth-order valence-electron chi connectivity index (χ4n) is 2.12. The molecule has 13 heavy (non-hydrogen) atoms. The number of hydrogen-bond donors (Lipinski definition) is 2. The van der Waals surface area contributed by atoms with E-state index in [0.717, 1.165) is 19.3 Å². The Bertz CT molecular complexity index is 316. The van der Waals surface area contributed by atoms with E-state index in [2.05, 4.69) is 4.98 Å². The Morgan fingerprint density at radius 1 is 1.62 bits per heavy atom. The molecule has 2 rings (SSSR count). The lowest BCUT2D eigenvalue weighted by molar-refractivity contribution is -0.137. The molecule has 1 aliphatic rings. The smallest absolute Gasteiger partial charge is 0.303 e. The third-order valence-corrected chi connectivity index (χ3v) is 2.73. The fraction of sp³-hybridized carbons (Fsp3) is 0.500. The van der Waals surface area contributed by atoms with Crippen molar-refractivity contribution in [3.63, 3.8) is 0 Å². The number of carboxylic acids is 1. The van der Waals surface area contributed by atoms with Gasteiger partial charge in [-0.3, -0.25) is 4.79 Å². The molecule has 0 aliphatic heterocycles. The second kappa shape index (κ2) is 3.24. The van der Waals surface area contributed by atoms with E-state index in [-0.39, 0.29) is 12.3 Å². The summed E-state index contributed by atoms with van der Waals surface area (Å²) in [5, 5.41) is 8.72. The standard InChI is InChI=1S/C10H13NO2/c12-10(13)4-7-2-1-3-8-5-11-6-9(7)8/h5-7,11H,1-4H2,(H,12,13). The fourth-order valence-corrected chi connectivity index (χ4v) is 2.12. The maximum absolute atomic E-state index is 10.6. The Labute approximate surface area is 76.8 Å². The number of aryl methyl sites for hydroxylation is 1.